The Morgan fingerprint density at radius 3 is 2.41 bits per heavy atom. The lowest BCUT2D eigenvalue weighted by Crippen LogP contribution is -2.44. The van der Waals surface area contributed by atoms with Crippen LogP contribution in [-0.2, 0) is 16.0 Å². The highest BCUT2D eigenvalue weighted by molar-refractivity contribution is 5.76. The molecule has 5 nitrogen and oxygen atoms in total. The Bertz CT molecular complexity index is 382. The number of phenolic OH excluding ortho intramolecular Hbond substituents is 1. The van der Waals surface area contributed by atoms with Crippen molar-refractivity contribution in [3.8, 4) is 5.75 Å². The molecule has 0 aromatic heterocycles. The molecule has 0 radical (unpaired) electrons. The minimum Gasteiger partial charge on any atom is -0.508 e. The highest BCUT2D eigenvalue weighted by Gasteiger charge is 2.22. The van der Waals surface area contributed by atoms with E-state index in [1.165, 1.54) is 0 Å². The number of ether oxygens (including phenoxy) is 1. The van der Waals surface area contributed by atoms with Crippen molar-refractivity contribution in [3.63, 3.8) is 0 Å². The normalized spacial score (nSPS) is 13.2. The summed E-state index contributed by atoms with van der Waals surface area (Å²) in [5, 5.41) is 9.11. The molecule has 0 heterocycles. The topological polar surface area (TPSA) is 98.6 Å². The third-order valence-electron chi connectivity index (χ3n) is 2.06. The van der Waals surface area contributed by atoms with Crippen LogP contribution in [0, 0.1) is 0 Å². The number of benzene rings is 1. The SMILES string of the molecule is CC(C)(N)OC(=O)[C@@H](N)Cc1ccc(O)cc1. The molecule has 0 bridgehead atoms. The summed E-state index contributed by atoms with van der Waals surface area (Å²) in [7, 11) is 0. The van der Waals surface area contributed by atoms with Gasteiger partial charge in [0.25, 0.3) is 0 Å². The predicted molar refractivity (Wildman–Crippen MR) is 64.1 cm³/mol. The second-order valence-electron chi connectivity index (χ2n) is 4.50. The average Bonchev–Trinajstić information content (AvgIpc) is 2.19. The first-order chi connectivity index (χ1) is 7.78. The van der Waals surface area contributed by atoms with Gasteiger partial charge < -0.3 is 15.6 Å². The van der Waals surface area contributed by atoms with Gasteiger partial charge in [0.05, 0.1) is 0 Å². The first-order valence-corrected chi connectivity index (χ1v) is 5.33. The van der Waals surface area contributed by atoms with Gasteiger partial charge in [-0.1, -0.05) is 12.1 Å². The van der Waals surface area contributed by atoms with Crippen LogP contribution in [0.4, 0.5) is 0 Å². The fourth-order valence-electron chi connectivity index (χ4n) is 1.30. The molecule has 0 saturated carbocycles. The van der Waals surface area contributed by atoms with Gasteiger partial charge in [0.15, 0.2) is 5.72 Å². The Morgan fingerprint density at radius 1 is 1.41 bits per heavy atom. The van der Waals surface area contributed by atoms with E-state index in [4.69, 9.17) is 21.3 Å². The number of esters is 1. The maximum Gasteiger partial charge on any atom is 0.324 e. The largest absolute Gasteiger partial charge is 0.508 e. The maximum absolute atomic E-state index is 11.6. The summed E-state index contributed by atoms with van der Waals surface area (Å²) in [6.45, 7) is 3.16. The summed E-state index contributed by atoms with van der Waals surface area (Å²) in [4.78, 5) is 11.6. The molecule has 0 saturated heterocycles. The lowest BCUT2D eigenvalue weighted by Gasteiger charge is -2.22. The molecular weight excluding hydrogens is 220 g/mol. The minimum absolute atomic E-state index is 0.174. The van der Waals surface area contributed by atoms with Crippen molar-refractivity contribution < 1.29 is 14.6 Å². The van der Waals surface area contributed by atoms with Crippen molar-refractivity contribution >= 4 is 5.97 Å². The second-order valence-corrected chi connectivity index (χ2v) is 4.50. The second kappa shape index (κ2) is 5.16. The monoisotopic (exact) mass is 238 g/mol. The van der Waals surface area contributed by atoms with E-state index < -0.39 is 17.7 Å². The molecule has 0 unspecified atom stereocenters. The summed E-state index contributed by atoms with van der Waals surface area (Å²) in [5.74, 6) is -0.362. The first kappa shape index (κ1) is 13.5. The smallest absolute Gasteiger partial charge is 0.324 e. The van der Waals surface area contributed by atoms with Crippen molar-refractivity contribution in [2.45, 2.75) is 32.0 Å². The predicted octanol–water partition coefficient (Wildman–Crippen LogP) is 0.500. The molecule has 0 fully saturated rings. The Morgan fingerprint density at radius 2 is 1.94 bits per heavy atom. The van der Waals surface area contributed by atoms with Gasteiger partial charge in [-0.15, -0.1) is 0 Å². The Hall–Kier alpha value is -1.59. The summed E-state index contributed by atoms with van der Waals surface area (Å²) < 4.78 is 4.96. The van der Waals surface area contributed by atoms with Gasteiger partial charge in [-0.3, -0.25) is 10.5 Å². The van der Waals surface area contributed by atoms with Crippen LogP contribution in [0.1, 0.15) is 19.4 Å². The lowest BCUT2D eigenvalue weighted by molar-refractivity contribution is -0.157. The molecule has 0 aliphatic heterocycles. The zero-order valence-electron chi connectivity index (χ0n) is 10.0. The standard InChI is InChI=1S/C12H18N2O3/c1-12(2,14)17-11(16)10(13)7-8-3-5-9(15)6-4-8/h3-6,10,15H,7,13-14H2,1-2H3/t10-/m0/s1. The molecule has 5 N–H and O–H groups in total. The molecule has 1 aromatic rings. The van der Waals surface area contributed by atoms with Crippen LogP contribution in [0.25, 0.3) is 0 Å². The van der Waals surface area contributed by atoms with E-state index in [0.717, 1.165) is 5.56 Å². The number of carbonyl (C=O) groups excluding carboxylic acids is 1. The fraction of sp³-hybridized carbons (Fsp3) is 0.417. The van der Waals surface area contributed by atoms with E-state index in [1.807, 2.05) is 0 Å². The first-order valence-electron chi connectivity index (χ1n) is 5.33. The molecular formula is C12H18N2O3. The van der Waals surface area contributed by atoms with Crippen LogP contribution in [0.5, 0.6) is 5.75 Å². The Balaban J connectivity index is 2.57. The summed E-state index contributed by atoms with van der Waals surface area (Å²) in [6.07, 6.45) is 0.342. The lowest BCUT2D eigenvalue weighted by atomic mass is 10.1. The molecule has 5 heteroatoms. The number of carbonyl (C=O) groups is 1. The van der Waals surface area contributed by atoms with Crippen molar-refractivity contribution in [1.29, 1.82) is 0 Å². The van der Waals surface area contributed by atoms with Gasteiger partial charge in [-0.25, -0.2) is 0 Å². The van der Waals surface area contributed by atoms with E-state index in [-0.39, 0.29) is 5.75 Å². The quantitative estimate of drug-likeness (QED) is 0.524. The van der Waals surface area contributed by atoms with Crippen molar-refractivity contribution in [1.82, 2.24) is 0 Å². The van der Waals surface area contributed by atoms with Crippen molar-refractivity contribution in [2.24, 2.45) is 11.5 Å². The van der Waals surface area contributed by atoms with Gasteiger partial charge in [0, 0.05) is 0 Å². The van der Waals surface area contributed by atoms with Crippen LogP contribution < -0.4 is 11.5 Å². The van der Waals surface area contributed by atoms with Crippen LogP contribution >= 0.6 is 0 Å². The van der Waals surface area contributed by atoms with Gasteiger partial charge in [-0.05, 0) is 38.0 Å². The van der Waals surface area contributed by atoms with E-state index >= 15 is 0 Å². The maximum atomic E-state index is 11.6. The summed E-state index contributed by atoms with van der Waals surface area (Å²) >= 11 is 0. The number of rotatable bonds is 4. The molecule has 0 spiro atoms. The summed E-state index contributed by atoms with van der Waals surface area (Å²) in [6, 6.07) is 5.73. The number of hydrogen-bond donors (Lipinski definition) is 3. The van der Waals surface area contributed by atoms with E-state index in [0.29, 0.717) is 6.42 Å². The van der Waals surface area contributed by atoms with Crippen molar-refractivity contribution in [2.75, 3.05) is 0 Å². The Labute approximate surface area is 100 Å². The van der Waals surface area contributed by atoms with Gasteiger partial charge in [0.1, 0.15) is 11.8 Å². The van der Waals surface area contributed by atoms with Crippen LogP contribution in [-0.4, -0.2) is 22.8 Å². The highest BCUT2D eigenvalue weighted by atomic mass is 16.6. The van der Waals surface area contributed by atoms with Crippen molar-refractivity contribution in [3.05, 3.63) is 29.8 Å². The number of hydrogen-bond acceptors (Lipinski definition) is 5. The number of aromatic hydroxyl groups is 1. The average molecular weight is 238 g/mol. The summed E-state index contributed by atoms with van der Waals surface area (Å²) in [5.41, 5.74) is 11.1. The molecule has 94 valence electrons. The molecule has 0 aliphatic carbocycles. The van der Waals surface area contributed by atoms with Crippen LogP contribution in [0.3, 0.4) is 0 Å². The number of nitrogens with two attached hydrogens (primary N) is 2. The van der Waals surface area contributed by atoms with E-state index in [1.54, 1.807) is 38.1 Å². The molecule has 1 rings (SSSR count). The molecule has 0 aliphatic rings. The van der Waals surface area contributed by atoms with Crippen LogP contribution in [0.2, 0.25) is 0 Å². The van der Waals surface area contributed by atoms with Crippen LogP contribution in [0.15, 0.2) is 24.3 Å². The highest BCUT2D eigenvalue weighted by Crippen LogP contribution is 2.12. The Kier molecular flexibility index (Phi) is 4.09. The minimum atomic E-state index is -1.02. The van der Waals surface area contributed by atoms with E-state index in [2.05, 4.69) is 0 Å². The van der Waals surface area contributed by atoms with Gasteiger partial charge in [-0.2, -0.15) is 0 Å². The van der Waals surface area contributed by atoms with Gasteiger partial charge >= 0.3 is 5.97 Å². The van der Waals surface area contributed by atoms with Gasteiger partial charge in [0.2, 0.25) is 0 Å². The molecule has 1 atom stereocenters. The molecule has 17 heavy (non-hydrogen) atoms. The number of phenols is 1. The zero-order valence-corrected chi connectivity index (χ0v) is 10.0. The third kappa shape index (κ3) is 4.84. The zero-order chi connectivity index (χ0) is 13.1. The molecule has 0 amide bonds. The molecule has 1 aromatic carbocycles. The van der Waals surface area contributed by atoms with E-state index in [9.17, 15) is 4.79 Å². The third-order valence-corrected chi connectivity index (χ3v) is 2.06. The fourth-order valence-corrected chi connectivity index (χ4v) is 1.30.